The number of aliphatic hydroxyl groups is 1. The molecule has 0 radical (unpaired) electrons. The number of sulfonamides is 1. The molecule has 0 saturated heterocycles. The second-order valence-electron chi connectivity index (χ2n) is 3.17. The third-order valence-electron chi connectivity index (χ3n) is 1.88. The zero-order valence-electron chi connectivity index (χ0n) is 8.26. The van der Waals surface area contributed by atoms with E-state index in [9.17, 15) is 17.9 Å². The molecule has 5 nitrogen and oxygen atoms in total. The van der Waals surface area contributed by atoms with E-state index in [1.165, 1.54) is 12.3 Å². The molecule has 0 fully saturated rings. The van der Waals surface area contributed by atoms with Crippen molar-refractivity contribution < 1.29 is 17.9 Å². The van der Waals surface area contributed by atoms with Crippen molar-refractivity contribution in [1.29, 1.82) is 0 Å². The average molecular weight is 313 g/mol. The van der Waals surface area contributed by atoms with Crippen molar-refractivity contribution in [2.45, 2.75) is 24.1 Å². The van der Waals surface area contributed by atoms with Gasteiger partial charge < -0.3 is 5.11 Å². The van der Waals surface area contributed by atoms with Gasteiger partial charge in [-0.1, -0.05) is 0 Å². The minimum atomic E-state index is -4.08. The fraction of sp³-hybridized carbons (Fsp3) is 0.375. The van der Waals surface area contributed by atoms with Crippen LogP contribution in [0.2, 0.25) is 0 Å². The number of primary sulfonamides is 1. The summed E-state index contributed by atoms with van der Waals surface area (Å²) in [5.41, 5.74) is -0.299. The molecule has 8 heteroatoms. The largest absolute Gasteiger partial charge is 0.384 e. The summed E-state index contributed by atoms with van der Waals surface area (Å²) in [4.78, 5) is 3.25. The number of aliphatic hydroxyl groups excluding tert-OH is 1. The van der Waals surface area contributed by atoms with Crippen LogP contribution >= 0.6 is 15.9 Å². The van der Waals surface area contributed by atoms with Crippen LogP contribution in [0.5, 0.6) is 0 Å². The Kier molecular flexibility index (Phi) is 4.00. The molecule has 1 aromatic heterocycles. The summed E-state index contributed by atoms with van der Waals surface area (Å²) in [6, 6.07) is 1.35. The highest BCUT2D eigenvalue weighted by molar-refractivity contribution is 9.10. The number of aromatic nitrogens is 1. The molecule has 0 aromatic carbocycles. The Morgan fingerprint density at radius 3 is 2.62 bits per heavy atom. The first-order chi connectivity index (χ1) is 7.25. The molecular formula is C8H10BrFN2O3S. The van der Waals surface area contributed by atoms with E-state index in [1.54, 1.807) is 0 Å². The van der Waals surface area contributed by atoms with Gasteiger partial charge >= 0.3 is 0 Å². The predicted octanol–water partition coefficient (Wildman–Crippen LogP) is 0.883. The van der Waals surface area contributed by atoms with Gasteiger partial charge in [0.15, 0.2) is 0 Å². The molecular weight excluding hydrogens is 303 g/mol. The molecule has 2 atom stereocenters. The monoisotopic (exact) mass is 312 g/mol. The molecule has 0 aliphatic heterocycles. The Morgan fingerprint density at radius 1 is 1.62 bits per heavy atom. The summed E-state index contributed by atoms with van der Waals surface area (Å²) in [6.07, 6.45) is -2.03. The molecule has 0 saturated carbocycles. The average Bonchev–Trinajstić information content (AvgIpc) is 2.14. The normalized spacial score (nSPS) is 15.8. The van der Waals surface area contributed by atoms with Crippen molar-refractivity contribution in [1.82, 2.24) is 4.98 Å². The van der Waals surface area contributed by atoms with Gasteiger partial charge in [0.1, 0.15) is 17.2 Å². The van der Waals surface area contributed by atoms with Crippen molar-refractivity contribution in [3.05, 3.63) is 22.4 Å². The SMILES string of the molecule is CC(F)C(O)c1nccc(Br)c1S(N)(=O)=O. The molecule has 90 valence electrons. The van der Waals surface area contributed by atoms with E-state index in [4.69, 9.17) is 5.14 Å². The molecule has 0 amide bonds. The van der Waals surface area contributed by atoms with Gasteiger partial charge in [-0.15, -0.1) is 0 Å². The number of hydrogen-bond donors (Lipinski definition) is 2. The van der Waals surface area contributed by atoms with Crippen molar-refractivity contribution >= 4 is 26.0 Å². The highest BCUT2D eigenvalue weighted by atomic mass is 79.9. The van der Waals surface area contributed by atoms with Crippen LogP contribution in [0, 0.1) is 0 Å². The summed E-state index contributed by atoms with van der Waals surface area (Å²) in [5, 5.41) is 14.5. The second kappa shape index (κ2) is 4.74. The van der Waals surface area contributed by atoms with Crippen molar-refractivity contribution in [2.24, 2.45) is 5.14 Å². The first-order valence-corrected chi connectivity index (χ1v) is 6.58. The number of nitrogens with two attached hydrogens (primary N) is 1. The number of nitrogens with zero attached hydrogens (tertiary/aromatic N) is 1. The van der Waals surface area contributed by atoms with Gasteiger partial charge in [-0.25, -0.2) is 17.9 Å². The lowest BCUT2D eigenvalue weighted by Gasteiger charge is -2.15. The van der Waals surface area contributed by atoms with Gasteiger partial charge in [-0.2, -0.15) is 0 Å². The van der Waals surface area contributed by atoms with E-state index >= 15 is 0 Å². The van der Waals surface area contributed by atoms with Crippen LogP contribution in [0.25, 0.3) is 0 Å². The van der Waals surface area contributed by atoms with Crippen LogP contribution < -0.4 is 5.14 Å². The van der Waals surface area contributed by atoms with E-state index in [-0.39, 0.29) is 10.2 Å². The van der Waals surface area contributed by atoms with Gasteiger partial charge in [-0.3, -0.25) is 4.98 Å². The van der Waals surface area contributed by atoms with E-state index in [0.717, 1.165) is 6.92 Å². The highest BCUT2D eigenvalue weighted by Crippen LogP contribution is 2.29. The van der Waals surface area contributed by atoms with Gasteiger partial charge in [0.05, 0.1) is 5.69 Å². The smallest absolute Gasteiger partial charge is 0.241 e. The molecule has 0 aliphatic rings. The standard InChI is InChI=1S/C8H10BrFN2O3S/c1-4(10)7(13)6-8(16(11,14)15)5(9)2-3-12-6/h2-4,7,13H,1H3,(H2,11,14,15). The molecule has 2 unspecified atom stereocenters. The van der Waals surface area contributed by atoms with Gasteiger partial charge in [0.25, 0.3) is 0 Å². The quantitative estimate of drug-likeness (QED) is 0.866. The molecule has 3 N–H and O–H groups in total. The van der Waals surface area contributed by atoms with Crippen LogP contribution in [0.3, 0.4) is 0 Å². The number of alkyl halides is 1. The topological polar surface area (TPSA) is 93.3 Å². The molecule has 0 spiro atoms. The molecule has 0 aliphatic carbocycles. The maximum absolute atomic E-state index is 12.9. The maximum Gasteiger partial charge on any atom is 0.241 e. The van der Waals surface area contributed by atoms with Crippen LogP contribution in [0.15, 0.2) is 21.6 Å². The minimum Gasteiger partial charge on any atom is -0.384 e. The first kappa shape index (κ1) is 13.5. The Morgan fingerprint density at radius 2 is 2.19 bits per heavy atom. The zero-order valence-corrected chi connectivity index (χ0v) is 10.7. The third-order valence-corrected chi connectivity index (χ3v) is 3.81. The number of pyridine rings is 1. The summed E-state index contributed by atoms with van der Waals surface area (Å²) in [5.74, 6) is 0. The van der Waals surface area contributed by atoms with E-state index < -0.39 is 27.2 Å². The third kappa shape index (κ3) is 2.76. The molecule has 1 heterocycles. The summed E-state index contributed by atoms with van der Waals surface area (Å²) < 4.78 is 35.6. The van der Waals surface area contributed by atoms with Crippen LogP contribution in [0.1, 0.15) is 18.7 Å². The molecule has 1 aromatic rings. The number of hydrogen-bond acceptors (Lipinski definition) is 4. The van der Waals surface area contributed by atoms with Crippen LogP contribution in [0.4, 0.5) is 4.39 Å². The summed E-state index contributed by atoms with van der Waals surface area (Å²) in [7, 11) is -4.08. The summed E-state index contributed by atoms with van der Waals surface area (Å²) >= 11 is 2.97. The van der Waals surface area contributed by atoms with Crippen LogP contribution in [-0.2, 0) is 10.0 Å². The van der Waals surface area contributed by atoms with Gasteiger partial charge in [0, 0.05) is 10.7 Å². The highest BCUT2D eigenvalue weighted by Gasteiger charge is 2.27. The fourth-order valence-electron chi connectivity index (χ4n) is 1.15. The predicted molar refractivity (Wildman–Crippen MR) is 58.8 cm³/mol. The van der Waals surface area contributed by atoms with E-state index in [1.807, 2.05) is 0 Å². The van der Waals surface area contributed by atoms with E-state index in [0.29, 0.717) is 0 Å². The van der Waals surface area contributed by atoms with Crippen molar-refractivity contribution in [3.63, 3.8) is 0 Å². The number of halogens is 2. The van der Waals surface area contributed by atoms with Gasteiger partial charge in [-0.05, 0) is 28.9 Å². The maximum atomic E-state index is 12.9. The lowest BCUT2D eigenvalue weighted by Crippen LogP contribution is -2.21. The lowest BCUT2D eigenvalue weighted by molar-refractivity contribution is 0.0820. The zero-order chi connectivity index (χ0) is 12.5. The lowest BCUT2D eigenvalue weighted by atomic mass is 10.1. The molecule has 0 bridgehead atoms. The fourth-order valence-corrected chi connectivity index (χ4v) is 2.95. The Labute approximate surface area is 101 Å². The van der Waals surface area contributed by atoms with Crippen molar-refractivity contribution in [2.75, 3.05) is 0 Å². The second-order valence-corrected chi connectivity index (χ2v) is 5.53. The van der Waals surface area contributed by atoms with E-state index in [2.05, 4.69) is 20.9 Å². The Balaban J connectivity index is 3.47. The first-order valence-electron chi connectivity index (χ1n) is 4.24. The minimum absolute atomic E-state index is 0.139. The summed E-state index contributed by atoms with van der Waals surface area (Å²) in [6.45, 7) is 1.10. The Bertz CT molecular complexity index is 492. The number of rotatable bonds is 3. The van der Waals surface area contributed by atoms with Crippen molar-refractivity contribution in [3.8, 4) is 0 Å². The molecule has 1 rings (SSSR count). The van der Waals surface area contributed by atoms with Crippen LogP contribution in [-0.4, -0.2) is 24.7 Å². The van der Waals surface area contributed by atoms with Gasteiger partial charge in [0.2, 0.25) is 10.0 Å². The Hall–Kier alpha value is -0.570. The molecule has 16 heavy (non-hydrogen) atoms.